The second-order valence-corrected chi connectivity index (χ2v) is 6.13. The number of rotatable bonds is 4. The molecule has 4 rings (SSSR count). The molecule has 1 aliphatic rings. The van der Waals surface area contributed by atoms with E-state index in [9.17, 15) is 0 Å². The molecule has 3 aromatic heterocycles. The maximum absolute atomic E-state index is 5.62. The first kappa shape index (κ1) is 14.8. The quantitative estimate of drug-likeness (QED) is 0.718. The molecule has 1 saturated heterocycles. The van der Waals surface area contributed by atoms with Crippen LogP contribution in [0.3, 0.4) is 0 Å². The zero-order chi connectivity index (χ0) is 16.4. The molecular formula is C18H17N5S. The zero-order valence-electron chi connectivity index (χ0n) is 13.0. The van der Waals surface area contributed by atoms with Crippen molar-refractivity contribution in [3.8, 4) is 0 Å². The van der Waals surface area contributed by atoms with Crippen LogP contribution in [0.5, 0.6) is 0 Å². The number of aromatic amines is 1. The molecule has 3 aromatic rings. The lowest BCUT2D eigenvalue weighted by atomic mass is 10.0. The van der Waals surface area contributed by atoms with Crippen LogP contribution in [0.2, 0.25) is 0 Å². The number of aromatic nitrogens is 3. The Morgan fingerprint density at radius 3 is 2.75 bits per heavy atom. The minimum atomic E-state index is 0.00835. The maximum Gasteiger partial charge on any atom is 0.170 e. The van der Waals surface area contributed by atoms with E-state index in [0.717, 1.165) is 22.1 Å². The van der Waals surface area contributed by atoms with Gasteiger partial charge in [0, 0.05) is 37.0 Å². The average Bonchev–Trinajstić information content (AvgIpc) is 3.25. The van der Waals surface area contributed by atoms with E-state index < -0.39 is 0 Å². The van der Waals surface area contributed by atoms with Crippen molar-refractivity contribution in [3.63, 3.8) is 0 Å². The highest BCUT2D eigenvalue weighted by molar-refractivity contribution is 7.80. The van der Waals surface area contributed by atoms with Crippen molar-refractivity contribution in [2.45, 2.75) is 18.6 Å². The molecule has 1 aliphatic heterocycles. The predicted molar refractivity (Wildman–Crippen MR) is 96.0 cm³/mol. The largest absolute Gasteiger partial charge is 0.363 e. The summed E-state index contributed by atoms with van der Waals surface area (Å²) in [6.45, 7) is 0.701. The number of hydrogen-bond acceptors (Lipinski definition) is 3. The van der Waals surface area contributed by atoms with Gasteiger partial charge >= 0.3 is 0 Å². The van der Waals surface area contributed by atoms with E-state index in [1.807, 2.05) is 48.9 Å². The van der Waals surface area contributed by atoms with E-state index in [2.05, 4.69) is 37.3 Å². The van der Waals surface area contributed by atoms with Crippen molar-refractivity contribution in [2.75, 3.05) is 0 Å². The highest BCUT2D eigenvalue weighted by atomic mass is 32.1. The van der Waals surface area contributed by atoms with Gasteiger partial charge in [0.2, 0.25) is 0 Å². The van der Waals surface area contributed by atoms with Crippen molar-refractivity contribution >= 4 is 17.3 Å². The number of nitrogens with one attached hydrogen (secondary N) is 2. The number of hydrogen-bond donors (Lipinski definition) is 2. The lowest BCUT2D eigenvalue weighted by molar-refractivity contribution is 0.305. The van der Waals surface area contributed by atoms with Crippen LogP contribution < -0.4 is 5.32 Å². The Labute approximate surface area is 145 Å². The van der Waals surface area contributed by atoms with Gasteiger partial charge in [0.15, 0.2) is 5.11 Å². The molecule has 5 nitrogen and oxygen atoms in total. The predicted octanol–water partition coefficient (Wildman–Crippen LogP) is 2.98. The summed E-state index contributed by atoms with van der Waals surface area (Å²) >= 11 is 5.62. The Balaban J connectivity index is 1.71. The Bertz CT molecular complexity index is 804. The summed E-state index contributed by atoms with van der Waals surface area (Å²) in [6.07, 6.45) is 7.41. The molecule has 0 aliphatic carbocycles. The third-order valence-electron chi connectivity index (χ3n) is 4.21. The van der Waals surface area contributed by atoms with Crippen molar-refractivity contribution in [1.82, 2.24) is 25.2 Å². The first-order chi connectivity index (χ1) is 11.8. The van der Waals surface area contributed by atoms with Crippen molar-refractivity contribution in [1.29, 1.82) is 0 Å². The normalized spacial score (nSPS) is 20.2. The molecule has 1 fully saturated rings. The van der Waals surface area contributed by atoms with Crippen LogP contribution in [0.4, 0.5) is 0 Å². The van der Waals surface area contributed by atoms with Crippen LogP contribution >= 0.6 is 12.2 Å². The van der Waals surface area contributed by atoms with Gasteiger partial charge in [-0.25, -0.2) is 0 Å². The minimum absolute atomic E-state index is 0.00835. The molecule has 0 radical (unpaired) electrons. The highest BCUT2D eigenvalue weighted by Gasteiger charge is 2.40. The van der Waals surface area contributed by atoms with Gasteiger partial charge in [0.1, 0.15) is 0 Å². The lowest BCUT2D eigenvalue weighted by Gasteiger charge is -2.26. The number of H-pyrrole nitrogens is 1. The highest BCUT2D eigenvalue weighted by Crippen LogP contribution is 2.38. The maximum atomic E-state index is 5.62. The first-order valence-corrected chi connectivity index (χ1v) is 8.24. The summed E-state index contributed by atoms with van der Waals surface area (Å²) in [5.74, 6) is 0. The molecule has 0 amide bonds. The third-order valence-corrected chi connectivity index (χ3v) is 4.57. The fraction of sp³-hybridized carbons (Fsp3) is 0.167. The van der Waals surface area contributed by atoms with Gasteiger partial charge < -0.3 is 15.2 Å². The summed E-state index contributed by atoms with van der Waals surface area (Å²) in [6, 6.07) is 14.1. The number of nitrogens with zero attached hydrogens (tertiary/aromatic N) is 3. The van der Waals surface area contributed by atoms with E-state index >= 15 is 0 Å². The SMILES string of the molecule is S=C1N[C@H](c2ccccn2)[C@H](c2ccc[nH]2)N1Cc1cccnc1. The molecule has 6 heteroatoms. The second kappa shape index (κ2) is 6.41. The molecule has 120 valence electrons. The monoisotopic (exact) mass is 335 g/mol. The number of pyridine rings is 2. The van der Waals surface area contributed by atoms with E-state index in [1.54, 1.807) is 6.20 Å². The molecule has 0 aromatic carbocycles. The molecule has 0 unspecified atom stereocenters. The molecule has 24 heavy (non-hydrogen) atoms. The van der Waals surface area contributed by atoms with Gasteiger partial charge in [0.05, 0.1) is 17.8 Å². The van der Waals surface area contributed by atoms with Crippen LogP contribution in [-0.4, -0.2) is 25.0 Å². The molecule has 0 saturated carbocycles. The zero-order valence-corrected chi connectivity index (χ0v) is 13.8. The smallest absolute Gasteiger partial charge is 0.170 e. The van der Waals surface area contributed by atoms with Gasteiger partial charge in [-0.1, -0.05) is 12.1 Å². The van der Waals surface area contributed by atoms with E-state index in [4.69, 9.17) is 12.2 Å². The summed E-state index contributed by atoms with van der Waals surface area (Å²) in [5, 5.41) is 4.16. The van der Waals surface area contributed by atoms with Crippen molar-refractivity contribution in [2.24, 2.45) is 0 Å². The Hall–Kier alpha value is -2.73. The molecule has 2 N–H and O–H groups in total. The van der Waals surface area contributed by atoms with Gasteiger partial charge in [-0.05, 0) is 48.1 Å². The lowest BCUT2D eigenvalue weighted by Crippen LogP contribution is -2.29. The Morgan fingerprint density at radius 1 is 1.08 bits per heavy atom. The van der Waals surface area contributed by atoms with Gasteiger partial charge in [-0.15, -0.1) is 0 Å². The first-order valence-electron chi connectivity index (χ1n) is 7.83. The topological polar surface area (TPSA) is 56.8 Å². The van der Waals surface area contributed by atoms with Crippen LogP contribution in [0.15, 0.2) is 67.3 Å². The van der Waals surface area contributed by atoms with E-state index in [1.165, 1.54) is 0 Å². The Morgan fingerprint density at radius 2 is 2.04 bits per heavy atom. The van der Waals surface area contributed by atoms with Gasteiger partial charge in [0.25, 0.3) is 0 Å². The molecular weight excluding hydrogens is 318 g/mol. The molecule has 0 bridgehead atoms. The van der Waals surface area contributed by atoms with Crippen LogP contribution in [0, 0.1) is 0 Å². The average molecular weight is 335 g/mol. The second-order valence-electron chi connectivity index (χ2n) is 5.74. The van der Waals surface area contributed by atoms with Crippen LogP contribution in [-0.2, 0) is 6.54 Å². The standard InChI is InChI=1S/C18H17N5S/c24-18-22-16(14-6-1-2-9-20-14)17(15-7-4-10-21-15)23(18)12-13-5-3-8-19-11-13/h1-11,16-17,21H,12H2,(H,22,24)/t16-,17+/m1/s1. The van der Waals surface area contributed by atoms with E-state index in [-0.39, 0.29) is 12.1 Å². The molecule has 0 spiro atoms. The summed E-state index contributed by atoms with van der Waals surface area (Å²) in [7, 11) is 0. The van der Waals surface area contributed by atoms with Gasteiger partial charge in [-0.2, -0.15) is 0 Å². The minimum Gasteiger partial charge on any atom is -0.363 e. The third kappa shape index (κ3) is 2.76. The fourth-order valence-electron chi connectivity index (χ4n) is 3.13. The van der Waals surface area contributed by atoms with Crippen molar-refractivity contribution < 1.29 is 0 Å². The van der Waals surface area contributed by atoms with E-state index in [0.29, 0.717) is 6.54 Å². The fourth-order valence-corrected chi connectivity index (χ4v) is 3.44. The van der Waals surface area contributed by atoms with Crippen LogP contribution in [0.1, 0.15) is 29.0 Å². The van der Waals surface area contributed by atoms with Crippen LogP contribution in [0.25, 0.3) is 0 Å². The van der Waals surface area contributed by atoms with Crippen molar-refractivity contribution in [3.05, 3.63) is 84.2 Å². The number of thiocarbonyl (C=S) groups is 1. The Kier molecular flexibility index (Phi) is 3.96. The summed E-state index contributed by atoms with van der Waals surface area (Å²) in [5.41, 5.74) is 3.22. The summed E-state index contributed by atoms with van der Waals surface area (Å²) in [4.78, 5) is 14.3. The van der Waals surface area contributed by atoms with Gasteiger partial charge in [-0.3, -0.25) is 9.97 Å². The molecule has 4 heterocycles. The molecule has 2 atom stereocenters. The summed E-state index contributed by atoms with van der Waals surface area (Å²) < 4.78 is 0.